The first-order valence-electron chi connectivity index (χ1n) is 13.1. The fourth-order valence-electron chi connectivity index (χ4n) is 4.71. The number of rotatable bonds is 11. The van der Waals surface area contributed by atoms with E-state index in [1.807, 2.05) is 31.2 Å². The van der Waals surface area contributed by atoms with Crippen molar-refractivity contribution < 1.29 is 31.2 Å². The first kappa shape index (κ1) is 30.5. The molecule has 0 heterocycles. The summed E-state index contributed by atoms with van der Waals surface area (Å²) in [5, 5.41) is 3.03. The fraction of sp³-hybridized carbons (Fsp3) is 0.500. The summed E-state index contributed by atoms with van der Waals surface area (Å²) in [6.45, 7) is 3.62. The molecule has 11 heteroatoms. The lowest BCUT2D eigenvalue weighted by Gasteiger charge is -2.30. The summed E-state index contributed by atoms with van der Waals surface area (Å²) < 4.78 is 65.3. The van der Waals surface area contributed by atoms with Gasteiger partial charge in [-0.1, -0.05) is 48.7 Å². The van der Waals surface area contributed by atoms with Gasteiger partial charge in [-0.3, -0.25) is 13.9 Å². The number of nitrogens with zero attached hydrogens (tertiary/aromatic N) is 2. The third kappa shape index (κ3) is 8.71. The minimum absolute atomic E-state index is 0.0590. The maximum atomic E-state index is 13.4. The fourth-order valence-corrected chi connectivity index (χ4v) is 5.66. The molecule has 1 atom stereocenters. The number of amides is 2. The predicted molar refractivity (Wildman–Crippen MR) is 144 cm³/mol. The van der Waals surface area contributed by atoms with Crippen molar-refractivity contribution in [3.63, 3.8) is 0 Å². The Kier molecular flexibility index (Phi) is 10.0. The van der Waals surface area contributed by atoms with Gasteiger partial charge >= 0.3 is 6.18 Å². The Balaban J connectivity index is 1.74. The SMILES string of the molecule is Cc1ccc(CN(C(=O)CCCN(c2cccc(C(F)(F)F)c2)S(C)(=O)=O)C(C)C(=O)NC2CCCC2)cc1. The summed E-state index contributed by atoms with van der Waals surface area (Å²) >= 11 is 0. The zero-order chi connectivity index (χ0) is 28.8. The predicted octanol–water partition coefficient (Wildman–Crippen LogP) is 5.04. The summed E-state index contributed by atoms with van der Waals surface area (Å²) in [5.74, 6) is -0.591. The van der Waals surface area contributed by atoms with Crippen LogP contribution in [0.15, 0.2) is 48.5 Å². The van der Waals surface area contributed by atoms with E-state index >= 15 is 0 Å². The number of carbonyl (C=O) groups excluding carboxylic acids is 2. The van der Waals surface area contributed by atoms with Crippen LogP contribution in [0.3, 0.4) is 0 Å². The maximum absolute atomic E-state index is 13.4. The molecule has 0 aliphatic heterocycles. The molecule has 0 saturated heterocycles. The molecule has 0 spiro atoms. The number of aryl methyl sites for hydroxylation is 1. The Labute approximate surface area is 228 Å². The van der Waals surface area contributed by atoms with Crippen LogP contribution < -0.4 is 9.62 Å². The van der Waals surface area contributed by atoms with E-state index in [0.717, 1.165) is 65.6 Å². The standard InChI is InChI=1S/C28H36F3N3O4S/c1-20-13-15-22(16-14-20)19-33(21(2)27(36)32-24-9-4-5-10-24)26(35)12-7-17-34(39(3,37)38)25-11-6-8-23(18-25)28(29,30)31/h6,8,11,13-16,18,21,24H,4-5,7,9-10,12,17,19H2,1-3H3,(H,32,36). The van der Waals surface area contributed by atoms with Gasteiger partial charge in [-0.15, -0.1) is 0 Å². The number of anilines is 1. The van der Waals surface area contributed by atoms with Gasteiger partial charge in [-0.05, 0) is 56.9 Å². The van der Waals surface area contributed by atoms with Crippen molar-refractivity contribution in [1.29, 1.82) is 0 Å². The molecule has 1 saturated carbocycles. The molecule has 39 heavy (non-hydrogen) atoms. The number of halogens is 3. The van der Waals surface area contributed by atoms with Crippen LogP contribution in [-0.4, -0.2) is 50.0 Å². The van der Waals surface area contributed by atoms with E-state index in [1.165, 1.54) is 11.0 Å². The molecule has 1 aliphatic carbocycles. The van der Waals surface area contributed by atoms with Gasteiger partial charge in [0.05, 0.1) is 17.5 Å². The van der Waals surface area contributed by atoms with Gasteiger partial charge in [0.1, 0.15) is 6.04 Å². The van der Waals surface area contributed by atoms with Gasteiger partial charge < -0.3 is 10.2 Å². The van der Waals surface area contributed by atoms with Crippen molar-refractivity contribution in [2.45, 2.75) is 77.2 Å². The molecular formula is C28H36F3N3O4S. The molecule has 0 radical (unpaired) electrons. The second-order valence-electron chi connectivity index (χ2n) is 10.2. The van der Waals surface area contributed by atoms with Crippen LogP contribution in [0.1, 0.15) is 62.1 Å². The lowest BCUT2D eigenvalue weighted by molar-refractivity contribution is -0.141. The minimum atomic E-state index is -4.62. The van der Waals surface area contributed by atoms with Crippen molar-refractivity contribution in [2.75, 3.05) is 17.1 Å². The molecule has 0 aromatic heterocycles. The number of nitrogens with one attached hydrogen (secondary N) is 1. The largest absolute Gasteiger partial charge is 0.416 e. The van der Waals surface area contributed by atoms with Crippen LogP contribution in [0.2, 0.25) is 0 Å². The molecule has 2 aromatic rings. The summed E-state index contributed by atoms with van der Waals surface area (Å²) in [5.41, 5.74) is 0.812. The van der Waals surface area contributed by atoms with Crippen LogP contribution in [0.5, 0.6) is 0 Å². The summed E-state index contributed by atoms with van der Waals surface area (Å²) in [4.78, 5) is 27.9. The second kappa shape index (κ2) is 12.8. The summed E-state index contributed by atoms with van der Waals surface area (Å²) in [6.07, 6.45) is 0.168. The number of hydrogen-bond donors (Lipinski definition) is 1. The number of carbonyl (C=O) groups is 2. The third-order valence-corrected chi connectivity index (χ3v) is 8.15. The lowest BCUT2D eigenvalue weighted by Crippen LogP contribution is -2.49. The molecule has 2 amide bonds. The number of alkyl halides is 3. The zero-order valence-corrected chi connectivity index (χ0v) is 23.3. The smallest absolute Gasteiger partial charge is 0.352 e. The van der Waals surface area contributed by atoms with Gasteiger partial charge in [0, 0.05) is 25.6 Å². The molecule has 1 N–H and O–H groups in total. The topological polar surface area (TPSA) is 86.8 Å². The van der Waals surface area contributed by atoms with Crippen molar-refractivity contribution in [1.82, 2.24) is 10.2 Å². The Hall–Kier alpha value is -3.08. The van der Waals surface area contributed by atoms with E-state index in [2.05, 4.69) is 5.32 Å². The van der Waals surface area contributed by atoms with Gasteiger partial charge in [0.25, 0.3) is 0 Å². The van der Waals surface area contributed by atoms with Crippen molar-refractivity contribution in [3.05, 3.63) is 65.2 Å². The first-order chi connectivity index (χ1) is 18.3. The quantitative estimate of drug-likeness (QED) is 0.413. The molecule has 214 valence electrons. The zero-order valence-electron chi connectivity index (χ0n) is 22.5. The van der Waals surface area contributed by atoms with Crippen molar-refractivity contribution in [2.24, 2.45) is 0 Å². The van der Waals surface area contributed by atoms with Crippen molar-refractivity contribution >= 4 is 27.5 Å². The van der Waals surface area contributed by atoms with Gasteiger partial charge in [-0.25, -0.2) is 8.42 Å². The van der Waals surface area contributed by atoms with Crippen LogP contribution in [0.4, 0.5) is 18.9 Å². The van der Waals surface area contributed by atoms with Crippen LogP contribution in [-0.2, 0) is 32.3 Å². The molecule has 1 aliphatic rings. The van der Waals surface area contributed by atoms with Crippen LogP contribution >= 0.6 is 0 Å². The summed E-state index contributed by atoms with van der Waals surface area (Å²) in [6, 6.07) is 11.0. The molecule has 0 bridgehead atoms. The minimum Gasteiger partial charge on any atom is -0.352 e. The number of benzene rings is 2. The van der Waals surface area contributed by atoms with E-state index < -0.39 is 27.8 Å². The highest BCUT2D eigenvalue weighted by Crippen LogP contribution is 2.32. The highest BCUT2D eigenvalue weighted by atomic mass is 32.2. The van der Waals surface area contributed by atoms with Gasteiger partial charge in [0.2, 0.25) is 21.8 Å². The first-order valence-corrected chi connectivity index (χ1v) is 14.9. The molecule has 3 rings (SSSR count). The molecule has 1 unspecified atom stereocenters. The van der Waals surface area contributed by atoms with E-state index in [0.29, 0.717) is 0 Å². The molecule has 7 nitrogen and oxygen atoms in total. The Morgan fingerprint density at radius 2 is 1.72 bits per heavy atom. The molecular weight excluding hydrogens is 531 g/mol. The molecule has 1 fully saturated rings. The van der Waals surface area contributed by atoms with E-state index in [9.17, 15) is 31.2 Å². The maximum Gasteiger partial charge on any atom is 0.416 e. The van der Waals surface area contributed by atoms with E-state index in [4.69, 9.17) is 0 Å². The normalized spacial score (nSPS) is 15.1. The highest BCUT2D eigenvalue weighted by molar-refractivity contribution is 7.92. The van der Waals surface area contributed by atoms with Gasteiger partial charge in [-0.2, -0.15) is 13.2 Å². The Morgan fingerprint density at radius 1 is 1.08 bits per heavy atom. The average molecular weight is 568 g/mol. The van der Waals surface area contributed by atoms with E-state index in [-0.39, 0.29) is 49.5 Å². The Morgan fingerprint density at radius 3 is 2.31 bits per heavy atom. The van der Waals surface area contributed by atoms with Crippen LogP contribution in [0, 0.1) is 6.92 Å². The second-order valence-corrected chi connectivity index (χ2v) is 12.1. The van der Waals surface area contributed by atoms with Gasteiger partial charge in [0.15, 0.2) is 0 Å². The Bertz CT molecular complexity index is 1240. The van der Waals surface area contributed by atoms with Crippen LogP contribution in [0.25, 0.3) is 0 Å². The highest BCUT2D eigenvalue weighted by Gasteiger charge is 2.32. The number of sulfonamides is 1. The number of hydrogen-bond acceptors (Lipinski definition) is 4. The molecule has 2 aromatic carbocycles. The lowest BCUT2D eigenvalue weighted by atomic mass is 10.1. The van der Waals surface area contributed by atoms with E-state index in [1.54, 1.807) is 6.92 Å². The third-order valence-electron chi connectivity index (χ3n) is 6.96. The monoisotopic (exact) mass is 567 g/mol. The average Bonchev–Trinajstić information content (AvgIpc) is 3.37. The van der Waals surface area contributed by atoms with Crippen molar-refractivity contribution in [3.8, 4) is 0 Å². The summed E-state index contributed by atoms with van der Waals surface area (Å²) in [7, 11) is -3.92.